The predicted molar refractivity (Wildman–Crippen MR) is 100.0 cm³/mol. The van der Waals surface area contributed by atoms with Gasteiger partial charge in [-0.1, -0.05) is 36.9 Å². The molecule has 0 aliphatic rings. The van der Waals surface area contributed by atoms with Gasteiger partial charge in [0.05, 0.1) is 5.56 Å². The zero-order valence-corrected chi connectivity index (χ0v) is 16.6. The van der Waals surface area contributed by atoms with Crippen molar-refractivity contribution in [1.82, 2.24) is 0 Å². The molecule has 0 aliphatic carbocycles. The fourth-order valence-electron chi connectivity index (χ4n) is 2.67. The molecule has 2 aromatic rings. The molecule has 7 nitrogen and oxygen atoms in total. The Morgan fingerprint density at radius 1 is 1.09 bits per heavy atom. The standard InChI is InChI=1S/C18H15F6NO6S/c1-2-13(26)30-14-11-6-4-3-5-10(11)7-8-12(14)15(25)31-16(17(19,20)21,18(22,23)24)9-32(27,28)29/h2-8,13,25-26H,1,9H2,(H,27,28,29). The number of aliphatic hydroxyl groups excluding tert-OH is 1. The fraction of sp³-hybridized carbons (Fsp3) is 0.278. The van der Waals surface area contributed by atoms with E-state index >= 15 is 0 Å². The molecule has 176 valence electrons. The first-order valence-corrected chi connectivity index (χ1v) is 9.99. The van der Waals surface area contributed by atoms with E-state index in [-0.39, 0.29) is 5.39 Å². The second kappa shape index (κ2) is 8.60. The molecule has 0 bridgehead atoms. The molecule has 14 heteroatoms. The SMILES string of the molecule is C=CC(O)Oc1c(C(=N)OC(CS(=O)(=O)O)(C(F)(F)F)C(F)(F)F)ccc2ccccc12. The number of fused-ring (bicyclic) bond motifs is 1. The molecule has 3 N–H and O–H groups in total. The van der Waals surface area contributed by atoms with Crippen molar-refractivity contribution in [3.05, 3.63) is 54.6 Å². The Morgan fingerprint density at radius 3 is 2.16 bits per heavy atom. The highest BCUT2D eigenvalue weighted by Gasteiger charge is 2.75. The van der Waals surface area contributed by atoms with Crippen LogP contribution in [0, 0.1) is 5.41 Å². The van der Waals surface area contributed by atoms with Crippen LogP contribution in [0.5, 0.6) is 5.75 Å². The number of rotatable bonds is 7. The van der Waals surface area contributed by atoms with E-state index < -0.39 is 57.3 Å². The largest absolute Gasteiger partial charge is 0.460 e. The third-order valence-corrected chi connectivity index (χ3v) is 4.91. The second-order valence-corrected chi connectivity index (χ2v) is 7.84. The van der Waals surface area contributed by atoms with Crippen molar-refractivity contribution in [3.8, 4) is 5.75 Å². The second-order valence-electron chi connectivity index (χ2n) is 6.39. The summed E-state index contributed by atoms with van der Waals surface area (Å²) in [6, 6.07) is 7.96. The third kappa shape index (κ3) is 5.14. The van der Waals surface area contributed by atoms with Gasteiger partial charge in [-0.15, -0.1) is 0 Å². The number of alkyl halides is 6. The number of halogens is 6. The highest BCUT2D eigenvalue weighted by molar-refractivity contribution is 7.85. The van der Waals surface area contributed by atoms with E-state index in [4.69, 9.17) is 14.7 Å². The summed E-state index contributed by atoms with van der Waals surface area (Å²) in [5, 5.41) is 17.9. The van der Waals surface area contributed by atoms with Gasteiger partial charge in [0, 0.05) is 5.39 Å². The van der Waals surface area contributed by atoms with Gasteiger partial charge in [-0.3, -0.25) is 9.96 Å². The Morgan fingerprint density at radius 2 is 1.66 bits per heavy atom. The first kappa shape index (κ1) is 25.4. The quantitative estimate of drug-likeness (QED) is 0.137. The third-order valence-electron chi connectivity index (χ3n) is 4.14. The average molecular weight is 487 g/mol. The van der Waals surface area contributed by atoms with Crippen LogP contribution in [0.25, 0.3) is 10.8 Å². The minimum Gasteiger partial charge on any atom is -0.460 e. The van der Waals surface area contributed by atoms with Crippen LogP contribution in [-0.2, 0) is 14.9 Å². The molecule has 0 aromatic heterocycles. The van der Waals surface area contributed by atoms with Crippen LogP contribution in [0.2, 0.25) is 0 Å². The smallest absolute Gasteiger partial charge is 0.438 e. The van der Waals surface area contributed by atoms with E-state index in [0.717, 1.165) is 12.1 Å². The maximum atomic E-state index is 13.5. The molecule has 0 spiro atoms. The van der Waals surface area contributed by atoms with Crippen molar-refractivity contribution in [3.63, 3.8) is 0 Å². The van der Waals surface area contributed by atoms with Crippen molar-refractivity contribution in [2.75, 3.05) is 5.75 Å². The minimum absolute atomic E-state index is 0.0821. The maximum absolute atomic E-state index is 13.5. The van der Waals surface area contributed by atoms with Gasteiger partial charge in [-0.2, -0.15) is 34.8 Å². The number of aliphatic hydroxyl groups is 1. The van der Waals surface area contributed by atoms with E-state index in [1.807, 2.05) is 0 Å². The Balaban J connectivity index is 2.71. The number of benzene rings is 2. The van der Waals surface area contributed by atoms with Gasteiger partial charge in [-0.25, -0.2) is 0 Å². The monoisotopic (exact) mass is 487 g/mol. The van der Waals surface area contributed by atoms with Gasteiger partial charge in [0.1, 0.15) is 11.5 Å². The molecule has 0 aliphatic heterocycles. The molecular formula is C18H15F6NO6S. The average Bonchev–Trinajstić information content (AvgIpc) is 2.64. The zero-order chi connectivity index (χ0) is 24.5. The van der Waals surface area contributed by atoms with Crippen LogP contribution in [0.15, 0.2) is 49.1 Å². The first-order chi connectivity index (χ1) is 14.5. The summed E-state index contributed by atoms with van der Waals surface area (Å²) in [4.78, 5) is 0. The molecular weight excluding hydrogens is 472 g/mol. The summed E-state index contributed by atoms with van der Waals surface area (Å²) in [7, 11) is -5.89. The van der Waals surface area contributed by atoms with E-state index in [2.05, 4.69) is 11.3 Å². The lowest BCUT2D eigenvalue weighted by atomic mass is 10.0. The van der Waals surface area contributed by atoms with Gasteiger partial charge in [-0.05, 0) is 17.5 Å². The molecule has 32 heavy (non-hydrogen) atoms. The van der Waals surface area contributed by atoms with Gasteiger partial charge in [0.2, 0.25) is 12.2 Å². The summed E-state index contributed by atoms with van der Waals surface area (Å²) < 4.78 is 121. The van der Waals surface area contributed by atoms with Gasteiger partial charge < -0.3 is 14.6 Å². The van der Waals surface area contributed by atoms with Crippen LogP contribution in [0.3, 0.4) is 0 Å². The van der Waals surface area contributed by atoms with E-state index in [1.165, 1.54) is 24.3 Å². The molecule has 0 heterocycles. The maximum Gasteiger partial charge on any atom is 0.438 e. The van der Waals surface area contributed by atoms with Gasteiger partial charge in [0.15, 0.2) is 0 Å². The van der Waals surface area contributed by atoms with Crippen molar-refractivity contribution >= 4 is 26.8 Å². The summed E-state index contributed by atoms with van der Waals surface area (Å²) in [5.74, 6) is -5.25. The lowest BCUT2D eigenvalue weighted by Crippen LogP contribution is -2.63. The first-order valence-electron chi connectivity index (χ1n) is 8.38. The summed E-state index contributed by atoms with van der Waals surface area (Å²) >= 11 is 0. The highest BCUT2D eigenvalue weighted by Crippen LogP contribution is 2.47. The van der Waals surface area contributed by atoms with Crippen molar-refractivity contribution < 1.29 is 53.9 Å². The van der Waals surface area contributed by atoms with Gasteiger partial charge >= 0.3 is 18.0 Å². The normalized spacial score (nSPS) is 14.1. The molecule has 1 unspecified atom stereocenters. The molecule has 0 saturated heterocycles. The molecule has 0 fully saturated rings. The molecule has 2 aromatic carbocycles. The Labute approximate surface area is 177 Å². The topological polar surface area (TPSA) is 117 Å². The summed E-state index contributed by atoms with van der Waals surface area (Å²) in [6.45, 7) is 3.22. The molecule has 0 radical (unpaired) electrons. The van der Waals surface area contributed by atoms with Crippen molar-refractivity contribution in [2.45, 2.75) is 24.2 Å². The van der Waals surface area contributed by atoms with Crippen LogP contribution in [-0.4, -0.2) is 54.0 Å². The Bertz CT molecular complexity index is 1110. The molecule has 2 rings (SSSR count). The minimum atomic E-state index is -6.41. The number of hydrogen-bond acceptors (Lipinski definition) is 6. The highest BCUT2D eigenvalue weighted by atomic mass is 32.2. The number of ether oxygens (including phenoxy) is 2. The van der Waals surface area contributed by atoms with Crippen molar-refractivity contribution in [2.24, 2.45) is 0 Å². The summed E-state index contributed by atoms with van der Waals surface area (Å²) in [5.41, 5.74) is -6.23. The predicted octanol–water partition coefficient (Wildman–Crippen LogP) is 3.82. The van der Waals surface area contributed by atoms with Crippen LogP contribution < -0.4 is 4.74 Å². The van der Waals surface area contributed by atoms with E-state index in [0.29, 0.717) is 5.39 Å². The molecule has 0 amide bonds. The summed E-state index contributed by atoms with van der Waals surface area (Å²) in [6.07, 6.45) is -13.7. The van der Waals surface area contributed by atoms with E-state index in [9.17, 15) is 39.9 Å². The number of hydrogen-bond donors (Lipinski definition) is 3. The molecule has 0 saturated carbocycles. The van der Waals surface area contributed by atoms with E-state index in [1.54, 1.807) is 6.07 Å². The van der Waals surface area contributed by atoms with Crippen LogP contribution in [0.4, 0.5) is 26.3 Å². The molecule has 1 atom stereocenters. The van der Waals surface area contributed by atoms with Crippen molar-refractivity contribution in [1.29, 1.82) is 5.41 Å². The number of nitrogens with one attached hydrogen (secondary N) is 1. The zero-order valence-electron chi connectivity index (χ0n) is 15.7. The lowest BCUT2D eigenvalue weighted by molar-refractivity contribution is -0.353. The Hall–Kier alpha value is -2.84. The van der Waals surface area contributed by atoms with Gasteiger partial charge in [0.25, 0.3) is 10.1 Å². The Kier molecular flexibility index (Phi) is 6.83. The fourth-order valence-corrected chi connectivity index (χ4v) is 3.57. The van der Waals surface area contributed by atoms with Crippen LogP contribution in [0.1, 0.15) is 5.56 Å². The van der Waals surface area contributed by atoms with Crippen LogP contribution >= 0.6 is 0 Å². The lowest BCUT2D eigenvalue weighted by Gasteiger charge is -2.36.